The minimum Gasteiger partial charge on any atom is -0.344 e. The number of carbonyl (C=O) groups is 2. The van der Waals surface area contributed by atoms with Crippen molar-refractivity contribution in [1.29, 1.82) is 0 Å². The molecule has 2 amide bonds. The molecule has 1 saturated heterocycles. The zero-order valence-corrected chi connectivity index (χ0v) is 11.7. The van der Waals surface area contributed by atoms with Gasteiger partial charge in [0, 0.05) is 15.0 Å². The molecule has 0 radical (unpaired) electrons. The number of anilines is 1. The van der Waals surface area contributed by atoms with E-state index in [1.54, 1.807) is 18.2 Å². The summed E-state index contributed by atoms with van der Waals surface area (Å²) in [7, 11) is 0. The number of amides is 2. The predicted octanol–water partition coefficient (Wildman–Crippen LogP) is 2.16. The van der Waals surface area contributed by atoms with E-state index in [1.807, 2.05) is 0 Å². The molecule has 0 aromatic heterocycles. The average Bonchev–Trinajstić information content (AvgIpc) is 2.69. The van der Waals surface area contributed by atoms with Gasteiger partial charge in [0.25, 0.3) is 0 Å². The van der Waals surface area contributed by atoms with E-state index in [1.165, 1.54) is 0 Å². The molecular formula is C11H10ClIN2O2. The third kappa shape index (κ3) is 3.10. The summed E-state index contributed by atoms with van der Waals surface area (Å²) in [6.45, 7) is 0. The van der Waals surface area contributed by atoms with Gasteiger partial charge < -0.3 is 10.6 Å². The van der Waals surface area contributed by atoms with Crippen molar-refractivity contribution in [3.8, 4) is 0 Å². The molecule has 1 aromatic carbocycles. The summed E-state index contributed by atoms with van der Waals surface area (Å²) in [6.07, 6.45) is 0.963. The normalized spacial score (nSPS) is 18.9. The van der Waals surface area contributed by atoms with Crippen molar-refractivity contribution in [3.05, 3.63) is 26.8 Å². The van der Waals surface area contributed by atoms with Gasteiger partial charge >= 0.3 is 0 Å². The van der Waals surface area contributed by atoms with Gasteiger partial charge in [-0.3, -0.25) is 9.59 Å². The first-order valence-electron chi connectivity index (χ1n) is 5.11. The van der Waals surface area contributed by atoms with Gasteiger partial charge in [0.1, 0.15) is 6.04 Å². The summed E-state index contributed by atoms with van der Waals surface area (Å²) < 4.78 is 0.868. The highest BCUT2D eigenvalue weighted by Gasteiger charge is 2.27. The molecule has 1 fully saturated rings. The topological polar surface area (TPSA) is 58.2 Å². The van der Waals surface area contributed by atoms with Crippen molar-refractivity contribution in [2.45, 2.75) is 18.9 Å². The van der Waals surface area contributed by atoms with Gasteiger partial charge in [-0.05, 0) is 47.2 Å². The molecule has 17 heavy (non-hydrogen) atoms. The maximum Gasteiger partial charge on any atom is 0.246 e. The van der Waals surface area contributed by atoms with E-state index in [-0.39, 0.29) is 11.8 Å². The maximum atomic E-state index is 11.8. The van der Waals surface area contributed by atoms with Crippen LogP contribution in [-0.2, 0) is 9.59 Å². The number of rotatable bonds is 2. The molecule has 0 aliphatic carbocycles. The third-order valence-electron chi connectivity index (χ3n) is 2.50. The van der Waals surface area contributed by atoms with Gasteiger partial charge in [0.15, 0.2) is 0 Å². The minimum atomic E-state index is -0.422. The van der Waals surface area contributed by atoms with Crippen LogP contribution in [-0.4, -0.2) is 17.9 Å². The van der Waals surface area contributed by atoms with E-state index in [0.717, 1.165) is 3.57 Å². The molecule has 90 valence electrons. The molecule has 4 nitrogen and oxygen atoms in total. The lowest BCUT2D eigenvalue weighted by Crippen LogP contribution is -2.37. The fourth-order valence-corrected chi connectivity index (χ4v) is 2.63. The van der Waals surface area contributed by atoms with E-state index in [2.05, 4.69) is 33.2 Å². The van der Waals surface area contributed by atoms with Crippen LogP contribution in [0.15, 0.2) is 18.2 Å². The lowest BCUT2D eigenvalue weighted by atomic mass is 10.2. The largest absolute Gasteiger partial charge is 0.344 e. The Morgan fingerprint density at radius 2 is 2.29 bits per heavy atom. The van der Waals surface area contributed by atoms with Crippen LogP contribution in [0.2, 0.25) is 5.02 Å². The highest BCUT2D eigenvalue weighted by atomic mass is 127. The van der Waals surface area contributed by atoms with E-state index >= 15 is 0 Å². The Hall–Kier alpha value is -0.820. The Morgan fingerprint density at radius 1 is 1.53 bits per heavy atom. The van der Waals surface area contributed by atoms with Crippen LogP contribution in [0.4, 0.5) is 5.69 Å². The molecule has 1 aliphatic rings. The van der Waals surface area contributed by atoms with E-state index < -0.39 is 6.04 Å². The SMILES string of the molecule is O=C1CC[C@@H](C(=O)Nc2ccc(Cl)cc2I)N1. The van der Waals surface area contributed by atoms with Gasteiger partial charge in [0.05, 0.1) is 5.69 Å². The Balaban J connectivity index is 2.05. The highest BCUT2D eigenvalue weighted by molar-refractivity contribution is 14.1. The molecule has 0 unspecified atom stereocenters. The second-order valence-corrected chi connectivity index (χ2v) is 5.37. The lowest BCUT2D eigenvalue weighted by molar-refractivity contribution is -0.122. The van der Waals surface area contributed by atoms with Crippen molar-refractivity contribution < 1.29 is 9.59 Å². The predicted molar refractivity (Wildman–Crippen MR) is 74.0 cm³/mol. The molecule has 1 aliphatic heterocycles. The van der Waals surface area contributed by atoms with Gasteiger partial charge in [-0.15, -0.1) is 0 Å². The molecule has 0 saturated carbocycles. The first-order valence-corrected chi connectivity index (χ1v) is 6.57. The number of hydrogen-bond donors (Lipinski definition) is 2. The molecule has 2 N–H and O–H groups in total. The van der Waals surface area contributed by atoms with E-state index in [9.17, 15) is 9.59 Å². The molecule has 1 aromatic rings. The summed E-state index contributed by atoms with van der Waals surface area (Å²) in [4.78, 5) is 22.8. The molecule has 1 atom stereocenters. The minimum absolute atomic E-state index is 0.0732. The van der Waals surface area contributed by atoms with E-state index in [0.29, 0.717) is 23.6 Å². The monoisotopic (exact) mass is 364 g/mol. The van der Waals surface area contributed by atoms with Crippen LogP contribution in [0, 0.1) is 3.57 Å². The van der Waals surface area contributed by atoms with Crippen LogP contribution < -0.4 is 10.6 Å². The van der Waals surface area contributed by atoms with Crippen molar-refractivity contribution in [1.82, 2.24) is 5.32 Å². The quantitative estimate of drug-likeness (QED) is 0.790. The molecule has 2 rings (SSSR count). The zero-order valence-electron chi connectivity index (χ0n) is 8.80. The van der Waals surface area contributed by atoms with Crippen molar-refractivity contribution >= 4 is 51.7 Å². The van der Waals surface area contributed by atoms with Crippen LogP contribution in [0.5, 0.6) is 0 Å². The summed E-state index contributed by atoms with van der Waals surface area (Å²) in [5, 5.41) is 6.03. The standard InChI is InChI=1S/C11H10ClIN2O2/c12-6-1-2-8(7(13)5-6)15-11(17)9-3-4-10(16)14-9/h1-2,5,9H,3-4H2,(H,14,16)(H,15,17)/t9-/m0/s1. The van der Waals surface area contributed by atoms with Crippen molar-refractivity contribution in [2.75, 3.05) is 5.32 Å². The number of halogens is 2. The Bertz CT molecular complexity index is 479. The summed E-state index contributed by atoms with van der Waals surface area (Å²) in [6, 6.07) is 4.81. The first kappa shape index (κ1) is 12.6. The molecule has 0 spiro atoms. The Labute approximate surface area is 117 Å². The number of nitrogens with one attached hydrogen (secondary N) is 2. The van der Waals surface area contributed by atoms with Crippen LogP contribution in [0.3, 0.4) is 0 Å². The summed E-state index contributed by atoms with van der Waals surface area (Å²) >= 11 is 7.93. The highest BCUT2D eigenvalue weighted by Crippen LogP contribution is 2.22. The van der Waals surface area contributed by atoms with E-state index in [4.69, 9.17) is 11.6 Å². The zero-order chi connectivity index (χ0) is 12.4. The first-order chi connectivity index (χ1) is 8.06. The third-order valence-corrected chi connectivity index (χ3v) is 3.63. The molecule has 0 bridgehead atoms. The smallest absolute Gasteiger partial charge is 0.246 e. The Morgan fingerprint density at radius 3 is 2.88 bits per heavy atom. The fraction of sp³-hybridized carbons (Fsp3) is 0.273. The lowest BCUT2D eigenvalue weighted by Gasteiger charge is -2.12. The van der Waals surface area contributed by atoms with Gasteiger partial charge in [0.2, 0.25) is 11.8 Å². The van der Waals surface area contributed by atoms with Gasteiger partial charge in [-0.1, -0.05) is 11.6 Å². The number of carbonyl (C=O) groups excluding carboxylic acids is 2. The molecule has 1 heterocycles. The Kier molecular flexibility index (Phi) is 3.88. The second kappa shape index (κ2) is 5.22. The van der Waals surface area contributed by atoms with Crippen LogP contribution in [0.25, 0.3) is 0 Å². The maximum absolute atomic E-state index is 11.8. The number of benzene rings is 1. The number of hydrogen-bond acceptors (Lipinski definition) is 2. The second-order valence-electron chi connectivity index (χ2n) is 3.77. The van der Waals surface area contributed by atoms with Crippen LogP contribution in [0.1, 0.15) is 12.8 Å². The van der Waals surface area contributed by atoms with Gasteiger partial charge in [-0.25, -0.2) is 0 Å². The average molecular weight is 365 g/mol. The summed E-state index contributed by atoms with van der Waals surface area (Å²) in [5.74, 6) is -0.257. The van der Waals surface area contributed by atoms with Crippen molar-refractivity contribution in [2.24, 2.45) is 0 Å². The van der Waals surface area contributed by atoms with Crippen LogP contribution >= 0.6 is 34.2 Å². The molecular weight excluding hydrogens is 354 g/mol. The van der Waals surface area contributed by atoms with Gasteiger partial charge in [-0.2, -0.15) is 0 Å². The summed E-state index contributed by atoms with van der Waals surface area (Å²) in [5.41, 5.74) is 0.709. The van der Waals surface area contributed by atoms with Crippen molar-refractivity contribution in [3.63, 3.8) is 0 Å². The fourth-order valence-electron chi connectivity index (χ4n) is 1.62. The molecule has 6 heteroatoms.